The van der Waals surface area contributed by atoms with E-state index in [9.17, 15) is 9.65 Å². The van der Waals surface area contributed by atoms with Gasteiger partial charge in [-0.15, -0.1) is 11.3 Å². The van der Waals surface area contributed by atoms with Crippen LogP contribution in [0.4, 0.5) is 10.2 Å². The summed E-state index contributed by atoms with van der Waals surface area (Å²) in [6.07, 6.45) is 1.63. The van der Waals surface area contributed by atoms with E-state index in [-0.39, 0.29) is 11.9 Å². The van der Waals surface area contributed by atoms with Crippen molar-refractivity contribution in [1.82, 2.24) is 14.9 Å². The summed E-state index contributed by atoms with van der Waals surface area (Å²) in [5, 5.41) is 13.0. The van der Waals surface area contributed by atoms with Gasteiger partial charge < -0.3 is 4.90 Å². The molecule has 3 heterocycles. The van der Waals surface area contributed by atoms with Crippen LogP contribution in [0.25, 0.3) is 21.3 Å². The zero-order valence-electron chi connectivity index (χ0n) is 17.7. The molecule has 0 aliphatic carbocycles. The third kappa shape index (κ3) is 3.83. The Labute approximate surface area is 190 Å². The number of anilines is 1. The highest BCUT2D eigenvalue weighted by Gasteiger charge is 2.27. The summed E-state index contributed by atoms with van der Waals surface area (Å²) in [7, 11) is 0. The van der Waals surface area contributed by atoms with E-state index < -0.39 is 0 Å². The number of aryl methyl sites for hydroxylation is 1. The lowest BCUT2D eigenvalue weighted by Crippen LogP contribution is -2.47. The van der Waals surface area contributed by atoms with Gasteiger partial charge in [0.2, 0.25) is 0 Å². The second-order valence-electron chi connectivity index (χ2n) is 8.00. The Morgan fingerprint density at radius 3 is 2.41 bits per heavy atom. The number of nitrogens with zero attached hydrogens (tertiary/aromatic N) is 5. The smallest absolute Gasteiger partial charge is 0.141 e. The molecule has 5 nitrogen and oxygen atoms in total. The second kappa shape index (κ2) is 8.65. The SMILES string of the molecule is Cc1ccc(-c2csc3ncnc(N4CCN([C@H](C#N)c5ccc(F)cc5)CC4)c23)cc1. The Bertz CT molecular complexity index is 1270. The number of nitriles is 1. The molecule has 1 fully saturated rings. The maximum absolute atomic E-state index is 13.3. The molecule has 2 aromatic heterocycles. The fraction of sp³-hybridized carbons (Fsp3) is 0.240. The molecule has 0 saturated carbocycles. The molecule has 0 amide bonds. The lowest BCUT2D eigenvalue weighted by atomic mass is 10.0. The van der Waals surface area contributed by atoms with Gasteiger partial charge in [0.1, 0.15) is 28.8 Å². The summed E-state index contributed by atoms with van der Waals surface area (Å²) in [6.45, 7) is 5.06. The van der Waals surface area contributed by atoms with Crippen molar-refractivity contribution in [2.24, 2.45) is 0 Å². The standard InChI is InChI=1S/C25H22FN5S/c1-17-2-4-18(5-3-17)21-15-32-25-23(21)24(28-16-29-25)31-12-10-30(11-13-31)22(14-27)19-6-8-20(26)9-7-19/h2-9,15-16,22H,10-13H2,1H3/t22-/m1/s1. The highest BCUT2D eigenvalue weighted by atomic mass is 32.1. The summed E-state index contributed by atoms with van der Waals surface area (Å²) in [4.78, 5) is 14.6. The van der Waals surface area contributed by atoms with Crippen LogP contribution in [0.3, 0.4) is 0 Å². The number of fused-ring (bicyclic) bond motifs is 1. The van der Waals surface area contributed by atoms with Crippen molar-refractivity contribution < 1.29 is 4.39 Å². The highest BCUT2D eigenvalue weighted by molar-refractivity contribution is 7.17. The van der Waals surface area contributed by atoms with Crippen molar-refractivity contribution in [3.8, 4) is 17.2 Å². The first kappa shape index (κ1) is 20.6. The fourth-order valence-electron chi connectivity index (χ4n) is 4.25. The van der Waals surface area contributed by atoms with Gasteiger partial charge in [-0.3, -0.25) is 4.90 Å². The zero-order valence-corrected chi connectivity index (χ0v) is 18.5. The minimum atomic E-state index is -0.382. The quantitative estimate of drug-likeness (QED) is 0.434. The first-order valence-electron chi connectivity index (χ1n) is 10.6. The molecule has 0 unspecified atom stereocenters. The second-order valence-corrected chi connectivity index (χ2v) is 8.86. The number of thiophene rings is 1. The van der Waals surface area contributed by atoms with E-state index in [2.05, 4.69) is 62.4 Å². The van der Waals surface area contributed by atoms with Crippen LogP contribution in [0.1, 0.15) is 17.2 Å². The summed E-state index contributed by atoms with van der Waals surface area (Å²) >= 11 is 1.64. The summed E-state index contributed by atoms with van der Waals surface area (Å²) in [6, 6.07) is 16.8. The molecule has 5 rings (SSSR count). The predicted molar refractivity (Wildman–Crippen MR) is 126 cm³/mol. The number of hydrogen-bond acceptors (Lipinski definition) is 6. The van der Waals surface area contributed by atoms with Crippen molar-refractivity contribution in [3.63, 3.8) is 0 Å². The van der Waals surface area contributed by atoms with E-state index in [4.69, 9.17) is 0 Å². The molecule has 2 aromatic carbocycles. The topological polar surface area (TPSA) is 56.1 Å². The monoisotopic (exact) mass is 443 g/mol. The maximum atomic E-state index is 13.3. The van der Waals surface area contributed by atoms with Gasteiger partial charge in [0.25, 0.3) is 0 Å². The largest absolute Gasteiger partial charge is 0.353 e. The molecule has 1 aliphatic heterocycles. The van der Waals surface area contributed by atoms with Gasteiger partial charge in [-0.1, -0.05) is 42.0 Å². The maximum Gasteiger partial charge on any atom is 0.141 e. The van der Waals surface area contributed by atoms with Crippen LogP contribution in [0.5, 0.6) is 0 Å². The van der Waals surface area contributed by atoms with Crippen LogP contribution in [-0.4, -0.2) is 41.0 Å². The van der Waals surface area contributed by atoms with Crippen LogP contribution in [0.2, 0.25) is 0 Å². The zero-order chi connectivity index (χ0) is 22.1. The molecule has 0 bridgehead atoms. The Morgan fingerprint density at radius 1 is 1.00 bits per heavy atom. The van der Waals surface area contributed by atoms with Crippen molar-refractivity contribution in [3.05, 3.63) is 77.2 Å². The molecule has 1 saturated heterocycles. The van der Waals surface area contributed by atoms with Gasteiger partial charge in [0.05, 0.1) is 11.5 Å². The van der Waals surface area contributed by atoms with Crippen LogP contribution in [0, 0.1) is 24.1 Å². The van der Waals surface area contributed by atoms with E-state index in [1.54, 1.807) is 29.8 Å². The average Bonchev–Trinajstić information content (AvgIpc) is 3.26. The van der Waals surface area contributed by atoms with Crippen LogP contribution in [-0.2, 0) is 0 Å². The minimum Gasteiger partial charge on any atom is -0.353 e. The van der Waals surface area contributed by atoms with Gasteiger partial charge in [-0.05, 0) is 30.2 Å². The third-order valence-corrected chi connectivity index (χ3v) is 6.89. The molecule has 32 heavy (non-hydrogen) atoms. The van der Waals surface area contributed by atoms with Gasteiger partial charge in [-0.25, -0.2) is 14.4 Å². The normalized spacial score (nSPS) is 15.6. The lowest BCUT2D eigenvalue weighted by molar-refractivity contribution is 0.222. The van der Waals surface area contributed by atoms with Crippen molar-refractivity contribution >= 4 is 27.4 Å². The van der Waals surface area contributed by atoms with E-state index in [1.165, 1.54) is 17.7 Å². The van der Waals surface area contributed by atoms with Crippen molar-refractivity contribution in [1.29, 1.82) is 5.26 Å². The molecule has 0 N–H and O–H groups in total. The molecule has 4 aromatic rings. The number of aromatic nitrogens is 2. The van der Waals surface area contributed by atoms with Crippen molar-refractivity contribution in [2.45, 2.75) is 13.0 Å². The average molecular weight is 444 g/mol. The molecule has 7 heteroatoms. The first-order chi connectivity index (χ1) is 15.6. The van der Waals surface area contributed by atoms with E-state index in [1.807, 2.05) is 0 Å². The van der Waals surface area contributed by atoms with Gasteiger partial charge in [0, 0.05) is 37.1 Å². The number of hydrogen-bond donors (Lipinski definition) is 0. The minimum absolute atomic E-state index is 0.289. The molecule has 1 aliphatic rings. The number of rotatable bonds is 4. The van der Waals surface area contributed by atoms with Gasteiger partial charge in [0.15, 0.2) is 0 Å². The molecule has 0 spiro atoms. The van der Waals surface area contributed by atoms with Crippen LogP contribution >= 0.6 is 11.3 Å². The highest BCUT2D eigenvalue weighted by Crippen LogP contribution is 2.38. The third-order valence-electron chi connectivity index (χ3n) is 6.00. The van der Waals surface area contributed by atoms with Gasteiger partial charge in [-0.2, -0.15) is 5.26 Å². The Kier molecular flexibility index (Phi) is 5.56. The molecular weight excluding hydrogens is 421 g/mol. The fourth-order valence-corrected chi connectivity index (χ4v) is 5.16. The molecule has 0 radical (unpaired) electrons. The molecule has 1 atom stereocenters. The molecule has 160 valence electrons. The first-order valence-corrected chi connectivity index (χ1v) is 11.5. The van der Waals surface area contributed by atoms with E-state index in [0.717, 1.165) is 58.9 Å². The number of halogens is 1. The Morgan fingerprint density at radius 2 is 1.72 bits per heavy atom. The van der Waals surface area contributed by atoms with Crippen LogP contribution < -0.4 is 4.90 Å². The Balaban J connectivity index is 1.40. The van der Waals surface area contributed by atoms with E-state index >= 15 is 0 Å². The summed E-state index contributed by atoms with van der Waals surface area (Å²) in [5.74, 6) is 0.657. The summed E-state index contributed by atoms with van der Waals surface area (Å²) in [5.41, 5.74) is 4.38. The van der Waals surface area contributed by atoms with Gasteiger partial charge >= 0.3 is 0 Å². The van der Waals surface area contributed by atoms with Crippen LogP contribution in [0.15, 0.2) is 60.2 Å². The van der Waals surface area contributed by atoms with E-state index in [0.29, 0.717) is 0 Å². The lowest BCUT2D eigenvalue weighted by Gasteiger charge is -2.37. The molecular formula is C25H22FN5S. The number of benzene rings is 2. The van der Waals surface area contributed by atoms with Crippen molar-refractivity contribution in [2.75, 3.05) is 31.1 Å². The number of piperazine rings is 1. The summed E-state index contributed by atoms with van der Waals surface area (Å²) < 4.78 is 13.3. The predicted octanol–water partition coefficient (Wildman–Crippen LogP) is 5.19. The Hall–Kier alpha value is -3.34.